The van der Waals surface area contributed by atoms with Gasteiger partial charge in [-0.3, -0.25) is 19.7 Å². The van der Waals surface area contributed by atoms with E-state index >= 15 is 0 Å². The Bertz CT molecular complexity index is 481. The molecule has 6 heteroatoms. The third kappa shape index (κ3) is 2.87. The molecular formula is C11H11NO5. The van der Waals surface area contributed by atoms with Gasteiger partial charge in [-0.1, -0.05) is 0 Å². The van der Waals surface area contributed by atoms with Crippen LogP contribution in [0.5, 0.6) is 0 Å². The number of nitrogens with zero attached hydrogens (tertiary/aromatic N) is 1. The summed E-state index contributed by atoms with van der Waals surface area (Å²) in [6, 6.07) is 2.91. The van der Waals surface area contributed by atoms with Gasteiger partial charge in [0.2, 0.25) is 0 Å². The molecule has 17 heavy (non-hydrogen) atoms. The van der Waals surface area contributed by atoms with Crippen LogP contribution in [-0.4, -0.2) is 24.3 Å². The first kappa shape index (κ1) is 12.8. The zero-order valence-corrected chi connectivity index (χ0v) is 9.43. The lowest BCUT2D eigenvalue weighted by atomic mass is 10.0. The zero-order valence-electron chi connectivity index (χ0n) is 9.43. The lowest BCUT2D eigenvalue weighted by Gasteiger charge is -2.05. The summed E-state index contributed by atoms with van der Waals surface area (Å²) in [6.07, 6.45) is 0.182. The highest BCUT2D eigenvalue weighted by Gasteiger charge is 2.22. The number of rotatable bonds is 4. The van der Waals surface area contributed by atoms with Gasteiger partial charge in [0.05, 0.1) is 24.0 Å². The number of carbonyl (C=O) groups excluding carboxylic acids is 2. The zero-order chi connectivity index (χ0) is 13.0. The first-order valence-electron chi connectivity index (χ1n) is 4.79. The molecule has 0 fully saturated rings. The molecule has 0 spiro atoms. The van der Waals surface area contributed by atoms with Crippen LogP contribution in [0.3, 0.4) is 0 Å². The first-order chi connectivity index (χ1) is 7.99. The smallest absolute Gasteiger partial charge is 0.310 e. The summed E-state index contributed by atoms with van der Waals surface area (Å²) in [7, 11) is 1.20. The Morgan fingerprint density at radius 2 is 2.18 bits per heavy atom. The summed E-state index contributed by atoms with van der Waals surface area (Å²) in [5.41, 5.74) is 0.491. The van der Waals surface area contributed by atoms with Gasteiger partial charge in [0, 0.05) is 5.56 Å². The molecule has 0 unspecified atom stereocenters. The van der Waals surface area contributed by atoms with Crippen molar-refractivity contribution in [2.45, 2.75) is 13.3 Å². The third-order valence-corrected chi connectivity index (χ3v) is 2.23. The van der Waals surface area contributed by atoms with Crippen LogP contribution in [0.4, 0.5) is 5.69 Å². The van der Waals surface area contributed by atoms with Crippen molar-refractivity contribution in [3.05, 3.63) is 38.9 Å². The predicted molar refractivity (Wildman–Crippen MR) is 58.9 cm³/mol. The van der Waals surface area contributed by atoms with Crippen molar-refractivity contribution in [3.8, 4) is 0 Å². The highest BCUT2D eigenvalue weighted by atomic mass is 16.6. The largest absolute Gasteiger partial charge is 0.469 e. The highest BCUT2D eigenvalue weighted by Crippen LogP contribution is 2.25. The van der Waals surface area contributed by atoms with E-state index in [2.05, 4.69) is 4.74 Å². The summed E-state index contributed by atoms with van der Waals surface area (Å²) in [5.74, 6) is -0.587. The van der Waals surface area contributed by atoms with E-state index in [1.807, 2.05) is 0 Å². The number of methoxy groups -OCH3 is 1. The van der Waals surface area contributed by atoms with E-state index in [0.717, 1.165) is 0 Å². The molecule has 1 rings (SSSR count). The maximum Gasteiger partial charge on any atom is 0.310 e. The Hall–Kier alpha value is -2.24. The molecule has 0 atom stereocenters. The van der Waals surface area contributed by atoms with E-state index in [1.165, 1.54) is 19.2 Å². The Labute approximate surface area is 97.3 Å². The van der Waals surface area contributed by atoms with Crippen LogP contribution < -0.4 is 0 Å². The van der Waals surface area contributed by atoms with Crippen molar-refractivity contribution < 1.29 is 19.2 Å². The average molecular weight is 237 g/mol. The van der Waals surface area contributed by atoms with Crippen LogP contribution >= 0.6 is 0 Å². The van der Waals surface area contributed by atoms with Crippen LogP contribution in [-0.2, 0) is 16.0 Å². The number of nitro benzene ring substituents is 1. The van der Waals surface area contributed by atoms with Crippen LogP contribution in [0.2, 0.25) is 0 Å². The van der Waals surface area contributed by atoms with E-state index in [4.69, 9.17) is 0 Å². The van der Waals surface area contributed by atoms with Crippen LogP contribution in [0.15, 0.2) is 12.1 Å². The van der Waals surface area contributed by atoms with Gasteiger partial charge in [-0.05, 0) is 24.6 Å². The van der Waals surface area contributed by atoms with Gasteiger partial charge in [-0.25, -0.2) is 0 Å². The lowest BCUT2D eigenvalue weighted by Crippen LogP contribution is -2.08. The third-order valence-electron chi connectivity index (χ3n) is 2.23. The molecule has 0 aromatic heterocycles. The average Bonchev–Trinajstić information content (AvgIpc) is 2.27. The molecule has 0 heterocycles. The molecule has 1 aromatic rings. The maximum atomic E-state index is 11.1. The van der Waals surface area contributed by atoms with Crippen LogP contribution in [0.25, 0.3) is 0 Å². The fourth-order valence-corrected chi connectivity index (χ4v) is 1.56. The number of aldehydes is 1. The number of ether oxygens (including phenoxy) is 1. The molecule has 0 bridgehead atoms. The highest BCUT2D eigenvalue weighted by molar-refractivity contribution is 5.85. The lowest BCUT2D eigenvalue weighted by molar-refractivity contribution is -0.385. The summed E-state index contributed by atoms with van der Waals surface area (Å²) in [6.45, 7) is 1.69. The quantitative estimate of drug-likeness (QED) is 0.342. The van der Waals surface area contributed by atoms with Crippen molar-refractivity contribution in [3.63, 3.8) is 0 Å². The normalized spacial score (nSPS) is 9.76. The second-order valence-corrected chi connectivity index (χ2v) is 3.49. The molecule has 0 saturated carbocycles. The molecule has 1 aromatic carbocycles. The first-order valence-corrected chi connectivity index (χ1v) is 4.79. The second kappa shape index (κ2) is 5.20. The Kier molecular flexibility index (Phi) is 3.92. The monoisotopic (exact) mass is 237 g/mol. The topological polar surface area (TPSA) is 86.5 Å². The van der Waals surface area contributed by atoms with Gasteiger partial charge in [-0.2, -0.15) is 0 Å². The summed E-state index contributed by atoms with van der Waals surface area (Å²) < 4.78 is 4.45. The number of esters is 1. The van der Waals surface area contributed by atoms with E-state index in [0.29, 0.717) is 11.8 Å². The van der Waals surface area contributed by atoms with Gasteiger partial charge in [0.1, 0.15) is 0 Å². The van der Waals surface area contributed by atoms with E-state index < -0.39 is 10.9 Å². The minimum absolute atomic E-state index is 0.0334. The van der Waals surface area contributed by atoms with Crippen molar-refractivity contribution in [2.24, 2.45) is 0 Å². The van der Waals surface area contributed by atoms with E-state index in [-0.39, 0.29) is 23.2 Å². The SMILES string of the molecule is COC(=O)Cc1cc(C)cc(C=O)c1[N+](=O)[O-]. The number of hydrogen-bond donors (Lipinski definition) is 0. The van der Waals surface area contributed by atoms with Crippen molar-refractivity contribution >= 4 is 17.9 Å². The summed E-state index contributed by atoms with van der Waals surface area (Å²) in [5, 5.41) is 10.9. The molecule has 0 aliphatic carbocycles. The molecule has 0 aliphatic rings. The molecule has 0 radical (unpaired) electrons. The number of aryl methyl sites for hydroxylation is 1. The number of carbonyl (C=O) groups is 2. The number of benzene rings is 1. The maximum absolute atomic E-state index is 11.1. The van der Waals surface area contributed by atoms with Gasteiger partial charge >= 0.3 is 5.97 Å². The minimum atomic E-state index is -0.665. The van der Waals surface area contributed by atoms with Gasteiger partial charge < -0.3 is 4.74 Å². The molecule has 6 nitrogen and oxygen atoms in total. The predicted octanol–water partition coefficient (Wildman–Crippen LogP) is 1.43. The van der Waals surface area contributed by atoms with Crippen molar-refractivity contribution in [2.75, 3.05) is 7.11 Å². The Balaban J connectivity index is 3.35. The molecule has 90 valence electrons. The number of nitro groups is 1. The van der Waals surface area contributed by atoms with E-state index in [1.54, 1.807) is 6.92 Å². The molecule has 0 aliphatic heterocycles. The standard InChI is InChI=1S/C11H11NO5/c1-7-3-8(5-10(14)17-2)11(12(15)16)9(4-7)6-13/h3-4,6H,5H2,1-2H3. The molecule has 0 amide bonds. The van der Waals surface area contributed by atoms with Gasteiger partial charge in [0.15, 0.2) is 6.29 Å². The van der Waals surface area contributed by atoms with E-state index in [9.17, 15) is 19.7 Å². The van der Waals surface area contributed by atoms with Gasteiger partial charge in [-0.15, -0.1) is 0 Å². The Morgan fingerprint density at radius 3 is 2.65 bits per heavy atom. The van der Waals surface area contributed by atoms with Crippen LogP contribution in [0, 0.1) is 17.0 Å². The summed E-state index contributed by atoms with van der Waals surface area (Å²) in [4.78, 5) is 32.1. The molecule has 0 saturated heterocycles. The summed E-state index contributed by atoms with van der Waals surface area (Å²) >= 11 is 0. The fourth-order valence-electron chi connectivity index (χ4n) is 1.56. The number of hydrogen-bond acceptors (Lipinski definition) is 5. The fraction of sp³-hybridized carbons (Fsp3) is 0.273. The van der Waals surface area contributed by atoms with Gasteiger partial charge in [0.25, 0.3) is 5.69 Å². The minimum Gasteiger partial charge on any atom is -0.469 e. The van der Waals surface area contributed by atoms with Crippen molar-refractivity contribution in [1.29, 1.82) is 0 Å². The molecule has 0 N–H and O–H groups in total. The van der Waals surface area contributed by atoms with Crippen LogP contribution in [0.1, 0.15) is 21.5 Å². The second-order valence-electron chi connectivity index (χ2n) is 3.49. The molecular weight excluding hydrogens is 226 g/mol. The Morgan fingerprint density at radius 1 is 1.53 bits per heavy atom. The van der Waals surface area contributed by atoms with Crippen molar-refractivity contribution in [1.82, 2.24) is 0 Å².